The topological polar surface area (TPSA) is 96.0 Å². The van der Waals surface area contributed by atoms with Crippen LogP contribution in [0.4, 0.5) is 5.69 Å². The average Bonchev–Trinajstić information content (AvgIpc) is 2.94. The van der Waals surface area contributed by atoms with Gasteiger partial charge in [-0.2, -0.15) is 0 Å². The van der Waals surface area contributed by atoms with Crippen LogP contribution in [0.5, 0.6) is 5.75 Å². The maximum absolute atomic E-state index is 14.0. The molecule has 0 saturated heterocycles. The Morgan fingerprint density at radius 1 is 0.975 bits per heavy atom. The fourth-order valence-electron chi connectivity index (χ4n) is 4.06. The van der Waals surface area contributed by atoms with Crippen molar-refractivity contribution in [3.8, 4) is 5.75 Å². The second kappa shape index (κ2) is 13.7. The van der Waals surface area contributed by atoms with Crippen LogP contribution in [0.25, 0.3) is 0 Å². The predicted molar refractivity (Wildman–Crippen MR) is 158 cm³/mol. The van der Waals surface area contributed by atoms with Crippen LogP contribution in [0.15, 0.2) is 77.7 Å². The lowest BCUT2D eigenvalue weighted by molar-refractivity contribution is -0.139. The molecule has 0 spiro atoms. The number of nitrogens with zero attached hydrogens (tertiary/aromatic N) is 2. The first-order valence-corrected chi connectivity index (χ1v) is 14.8. The fourth-order valence-corrected chi connectivity index (χ4v) is 5.74. The SMILES string of the molecule is COc1ccc(N(CC(=O)N(Cc2ccccc2C)C(C)C(=O)NCC(C)C)S(=O)(=O)c2ccccc2)cc1Cl. The Balaban J connectivity index is 2.05. The minimum Gasteiger partial charge on any atom is -0.495 e. The number of anilines is 1. The van der Waals surface area contributed by atoms with E-state index in [0.717, 1.165) is 15.4 Å². The molecular weight excluding hydrogens is 550 g/mol. The second-order valence-electron chi connectivity index (χ2n) is 9.91. The van der Waals surface area contributed by atoms with Crippen LogP contribution >= 0.6 is 11.6 Å². The van der Waals surface area contributed by atoms with Gasteiger partial charge in [-0.3, -0.25) is 13.9 Å². The monoisotopic (exact) mass is 585 g/mol. The summed E-state index contributed by atoms with van der Waals surface area (Å²) in [5, 5.41) is 3.08. The van der Waals surface area contributed by atoms with Crippen LogP contribution in [-0.4, -0.2) is 51.4 Å². The molecule has 2 amide bonds. The Hall–Kier alpha value is -3.56. The average molecular weight is 586 g/mol. The van der Waals surface area contributed by atoms with E-state index in [2.05, 4.69) is 5.32 Å². The number of carbonyl (C=O) groups is 2. The fraction of sp³-hybridized carbons (Fsp3) is 0.333. The first kappa shape index (κ1) is 31.0. The van der Waals surface area contributed by atoms with Gasteiger partial charge in [0.15, 0.2) is 0 Å². The summed E-state index contributed by atoms with van der Waals surface area (Å²) >= 11 is 6.35. The Bertz CT molecular complexity index is 1430. The number of carbonyl (C=O) groups excluding carboxylic acids is 2. The van der Waals surface area contributed by atoms with Crippen molar-refractivity contribution in [2.45, 2.75) is 45.2 Å². The lowest BCUT2D eigenvalue weighted by Gasteiger charge is -2.32. The van der Waals surface area contributed by atoms with Crippen LogP contribution in [0.2, 0.25) is 5.02 Å². The Labute approximate surface area is 241 Å². The molecule has 40 heavy (non-hydrogen) atoms. The van der Waals surface area contributed by atoms with Gasteiger partial charge in [-0.15, -0.1) is 0 Å². The van der Waals surface area contributed by atoms with E-state index in [4.69, 9.17) is 16.3 Å². The number of halogens is 1. The van der Waals surface area contributed by atoms with Crippen molar-refractivity contribution < 1.29 is 22.7 Å². The largest absolute Gasteiger partial charge is 0.495 e. The molecule has 0 saturated carbocycles. The van der Waals surface area contributed by atoms with Crippen molar-refractivity contribution in [3.05, 3.63) is 88.9 Å². The zero-order chi connectivity index (χ0) is 29.4. The summed E-state index contributed by atoms with van der Waals surface area (Å²) in [6.07, 6.45) is 0. The summed E-state index contributed by atoms with van der Waals surface area (Å²) in [6.45, 7) is 7.56. The number of ether oxygens (including phenoxy) is 1. The highest BCUT2D eigenvalue weighted by Crippen LogP contribution is 2.32. The number of rotatable bonds is 12. The molecule has 0 radical (unpaired) electrons. The van der Waals surface area contributed by atoms with Crippen LogP contribution in [0.3, 0.4) is 0 Å². The Morgan fingerprint density at radius 2 is 1.62 bits per heavy atom. The molecule has 1 unspecified atom stereocenters. The molecule has 0 aliphatic rings. The highest BCUT2D eigenvalue weighted by Gasteiger charge is 2.33. The van der Waals surface area contributed by atoms with Gasteiger partial charge in [0, 0.05) is 13.1 Å². The second-order valence-corrected chi connectivity index (χ2v) is 12.2. The van der Waals surface area contributed by atoms with E-state index in [1.165, 1.54) is 36.3 Å². The Morgan fingerprint density at radius 3 is 2.23 bits per heavy atom. The number of hydrogen-bond acceptors (Lipinski definition) is 5. The standard InChI is InChI=1S/C30H36ClN3O5S/c1-21(2)18-32-30(36)23(4)33(19-24-12-10-9-11-22(24)3)29(35)20-34(25-15-16-28(39-5)27(31)17-25)40(37,38)26-13-7-6-8-14-26/h6-17,21,23H,18-20H2,1-5H3,(H,32,36). The minimum atomic E-state index is -4.18. The van der Waals surface area contributed by atoms with Gasteiger partial charge >= 0.3 is 0 Å². The van der Waals surface area contributed by atoms with E-state index >= 15 is 0 Å². The quantitative estimate of drug-likeness (QED) is 0.321. The molecule has 1 atom stereocenters. The Kier molecular flexibility index (Phi) is 10.6. The van der Waals surface area contributed by atoms with E-state index in [0.29, 0.717) is 12.3 Å². The third-order valence-electron chi connectivity index (χ3n) is 6.49. The van der Waals surface area contributed by atoms with E-state index in [1.807, 2.05) is 45.0 Å². The van der Waals surface area contributed by atoms with E-state index < -0.39 is 28.5 Å². The van der Waals surface area contributed by atoms with Gasteiger partial charge in [0.25, 0.3) is 10.0 Å². The lowest BCUT2D eigenvalue weighted by Crippen LogP contribution is -2.51. The van der Waals surface area contributed by atoms with Gasteiger partial charge in [0.1, 0.15) is 18.3 Å². The van der Waals surface area contributed by atoms with Gasteiger partial charge in [0.2, 0.25) is 11.8 Å². The summed E-state index contributed by atoms with van der Waals surface area (Å²) in [4.78, 5) is 28.5. The molecular formula is C30H36ClN3O5S. The van der Waals surface area contributed by atoms with Crippen molar-refractivity contribution >= 4 is 39.1 Å². The molecule has 214 valence electrons. The van der Waals surface area contributed by atoms with E-state index in [1.54, 1.807) is 31.2 Å². The van der Waals surface area contributed by atoms with Gasteiger partial charge in [-0.1, -0.05) is 67.9 Å². The molecule has 3 aromatic rings. The number of hydrogen-bond donors (Lipinski definition) is 1. The van der Waals surface area contributed by atoms with E-state index in [9.17, 15) is 18.0 Å². The normalized spacial score (nSPS) is 12.1. The molecule has 1 N–H and O–H groups in total. The van der Waals surface area contributed by atoms with Crippen molar-refractivity contribution in [3.63, 3.8) is 0 Å². The molecule has 3 aromatic carbocycles. The van der Waals surface area contributed by atoms with Crippen molar-refractivity contribution in [1.82, 2.24) is 10.2 Å². The molecule has 0 fully saturated rings. The number of aryl methyl sites for hydroxylation is 1. The van der Waals surface area contributed by atoms with E-state index in [-0.39, 0.29) is 34.0 Å². The molecule has 0 aromatic heterocycles. The molecule has 0 bridgehead atoms. The lowest BCUT2D eigenvalue weighted by atomic mass is 10.1. The maximum atomic E-state index is 14.0. The molecule has 8 nitrogen and oxygen atoms in total. The molecule has 10 heteroatoms. The summed E-state index contributed by atoms with van der Waals surface area (Å²) in [5.41, 5.74) is 1.99. The summed E-state index contributed by atoms with van der Waals surface area (Å²) < 4.78 is 33.9. The van der Waals surface area contributed by atoms with Gasteiger partial charge in [-0.05, 0) is 61.2 Å². The summed E-state index contributed by atoms with van der Waals surface area (Å²) in [6, 6.07) is 19.1. The van der Waals surface area contributed by atoms with Crippen LogP contribution < -0.4 is 14.4 Å². The molecule has 0 aliphatic carbocycles. The first-order valence-electron chi connectivity index (χ1n) is 13.0. The first-order chi connectivity index (χ1) is 18.9. The smallest absolute Gasteiger partial charge is 0.264 e. The highest BCUT2D eigenvalue weighted by molar-refractivity contribution is 7.92. The van der Waals surface area contributed by atoms with Crippen LogP contribution in [-0.2, 0) is 26.2 Å². The number of methoxy groups -OCH3 is 1. The van der Waals surface area contributed by atoms with Gasteiger partial charge < -0.3 is 15.0 Å². The summed E-state index contributed by atoms with van der Waals surface area (Å²) in [5.74, 6) is -0.268. The molecule has 0 heterocycles. The molecule has 3 rings (SSSR count). The molecule has 0 aliphatic heterocycles. The maximum Gasteiger partial charge on any atom is 0.264 e. The van der Waals surface area contributed by atoms with Gasteiger partial charge in [-0.25, -0.2) is 8.42 Å². The predicted octanol–water partition coefficient (Wildman–Crippen LogP) is 5.04. The number of amides is 2. The van der Waals surface area contributed by atoms with Gasteiger partial charge in [0.05, 0.1) is 22.7 Å². The third kappa shape index (κ3) is 7.55. The van der Waals surface area contributed by atoms with Crippen molar-refractivity contribution in [1.29, 1.82) is 0 Å². The van der Waals surface area contributed by atoms with Crippen LogP contribution in [0.1, 0.15) is 31.9 Å². The van der Waals surface area contributed by atoms with Crippen molar-refractivity contribution in [2.75, 3.05) is 24.5 Å². The zero-order valence-corrected chi connectivity index (χ0v) is 25.0. The number of sulfonamides is 1. The zero-order valence-electron chi connectivity index (χ0n) is 23.4. The highest BCUT2D eigenvalue weighted by atomic mass is 35.5. The minimum absolute atomic E-state index is 0.0166. The van der Waals surface area contributed by atoms with Crippen molar-refractivity contribution in [2.24, 2.45) is 5.92 Å². The third-order valence-corrected chi connectivity index (χ3v) is 8.57. The number of benzene rings is 3. The van der Waals surface area contributed by atoms with Crippen LogP contribution in [0, 0.1) is 12.8 Å². The number of nitrogens with one attached hydrogen (secondary N) is 1. The summed E-state index contributed by atoms with van der Waals surface area (Å²) in [7, 11) is -2.73.